The summed E-state index contributed by atoms with van der Waals surface area (Å²) in [4.78, 5) is 14.0. The SMILES string of the molecule is N#Cc1c(NC(=O)C2CCN(S(=O)(=O)c3cccs3)CC2)sc2c1CCCCC2. The van der Waals surface area contributed by atoms with Crippen molar-refractivity contribution in [2.75, 3.05) is 18.4 Å². The van der Waals surface area contributed by atoms with E-state index in [0.717, 1.165) is 31.2 Å². The van der Waals surface area contributed by atoms with Crippen LogP contribution in [0.3, 0.4) is 0 Å². The molecule has 1 aliphatic carbocycles. The van der Waals surface area contributed by atoms with Crippen molar-refractivity contribution in [3.8, 4) is 6.07 Å². The van der Waals surface area contributed by atoms with E-state index < -0.39 is 10.0 Å². The number of amides is 1. The second-order valence-electron chi connectivity index (χ2n) is 7.48. The fourth-order valence-electron chi connectivity index (χ4n) is 4.06. The van der Waals surface area contributed by atoms with Gasteiger partial charge >= 0.3 is 0 Å². The van der Waals surface area contributed by atoms with Crippen molar-refractivity contribution in [3.63, 3.8) is 0 Å². The van der Waals surface area contributed by atoms with Crippen LogP contribution in [0.2, 0.25) is 0 Å². The van der Waals surface area contributed by atoms with Crippen molar-refractivity contribution < 1.29 is 13.2 Å². The minimum atomic E-state index is -3.46. The van der Waals surface area contributed by atoms with Crippen LogP contribution in [0.15, 0.2) is 21.7 Å². The monoisotopic (exact) mass is 449 g/mol. The minimum Gasteiger partial charge on any atom is -0.316 e. The summed E-state index contributed by atoms with van der Waals surface area (Å²) < 4.78 is 27.1. The number of nitriles is 1. The third-order valence-corrected chi connectivity index (χ3v) is 10.2. The maximum Gasteiger partial charge on any atom is 0.252 e. The Morgan fingerprint density at radius 3 is 2.66 bits per heavy atom. The number of fused-ring (bicyclic) bond motifs is 1. The second-order valence-corrected chi connectivity index (χ2v) is 11.7. The molecule has 4 rings (SSSR count). The van der Waals surface area contributed by atoms with E-state index >= 15 is 0 Å². The van der Waals surface area contributed by atoms with Crippen LogP contribution in [-0.4, -0.2) is 31.7 Å². The average Bonchev–Trinajstić information content (AvgIpc) is 3.31. The highest BCUT2D eigenvalue weighted by molar-refractivity contribution is 7.91. The Bertz CT molecular complexity index is 1030. The Morgan fingerprint density at radius 1 is 1.21 bits per heavy atom. The van der Waals surface area contributed by atoms with E-state index in [1.807, 2.05) is 0 Å². The van der Waals surface area contributed by atoms with Gasteiger partial charge in [-0.05, 0) is 55.5 Å². The number of carbonyl (C=O) groups is 1. The molecule has 1 saturated heterocycles. The molecule has 0 aromatic carbocycles. The summed E-state index contributed by atoms with van der Waals surface area (Å²) >= 11 is 2.75. The van der Waals surface area contributed by atoms with Crippen molar-refractivity contribution in [2.45, 2.75) is 49.2 Å². The number of nitrogens with one attached hydrogen (secondary N) is 1. The highest BCUT2D eigenvalue weighted by atomic mass is 32.2. The molecule has 1 fully saturated rings. The number of thiophene rings is 2. The first-order chi connectivity index (χ1) is 14.0. The van der Waals surface area contributed by atoms with E-state index in [4.69, 9.17) is 0 Å². The molecule has 6 nitrogen and oxygen atoms in total. The molecule has 29 heavy (non-hydrogen) atoms. The summed E-state index contributed by atoms with van der Waals surface area (Å²) in [7, 11) is -3.46. The first-order valence-electron chi connectivity index (χ1n) is 9.90. The van der Waals surface area contributed by atoms with Gasteiger partial charge in [-0.15, -0.1) is 22.7 Å². The lowest BCUT2D eigenvalue weighted by Gasteiger charge is -2.30. The summed E-state index contributed by atoms with van der Waals surface area (Å²) in [6.45, 7) is 0.675. The number of sulfonamides is 1. The van der Waals surface area contributed by atoms with Gasteiger partial charge in [0.1, 0.15) is 15.3 Å². The van der Waals surface area contributed by atoms with E-state index in [1.165, 1.54) is 38.3 Å². The van der Waals surface area contributed by atoms with Crippen LogP contribution < -0.4 is 5.32 Å². The third kappa shape index (κ3) is 4.12. The first kappa shape index (κ1) is 20.5. The van der Waals surface area contributed by atoms with Crippen LogP contribution in [0, 0.1) is 17.2 Å². The van der Waals surface area contributed by atoms with E-state index in [-0.39, 0.29) is 11.8 Å². The fourth-order valence-corrected chi connectivity index (χ4v) is 7.92. The topological polar surface area (TPSA) is 90.3 Å². The summed E-state index contributed by atoms with van der Waals surface area (Å²) in [5.41, 5.74) is 1.74. The third-order valence-electron chi connectivity index (χ3n) is 5.68. The summed E-state index contributed by atoms with van der Waals surface area (Å²) in [5.74, 6) is -0.343. The molecule has 0 radical (unpaired) electrons. The molecule has 0 spiro atoms. The zero-order valence-corrected chi connectivity index (χ0v) is 18.5. The van der Waals surface area contributed by atoms with Crippen LogP contribution in [-0.2, 0) is 27.7 Å². The van der Waals surface area contributed by atoms with Gasteiger partial charge in [0.25, 0.3) is 10.0 Å². The van der Waals surface area contributed by atoms with Crippen molar-refractivity contribution >= 4 is 43.6 Å². The lowest BCUT2D eigenvalue weighted by Crippen LogP contribution is -2.41. The number of hydrogen-bond donors (Lipinski definition) is 1. The Morgan fingerprint density at radius 2 is 1.97 bits per heavy atom. The smallest absolute Gasteiger partial charge is 0.252 e. The van der Waals surface area contributed by atoms with E-state index in [9.17, 15) is 18.5 Å². The molecule has 2 aromatic rings. The van der Waals surface area contributed by atoms with Gasteiger partial charge < -0.3 is 5.32 Å². The summed E-state index contributed by atoms with van der Waals surface area (Å²) in [6.07, 6.45) is 6.26. The summed E-state index contributed by atoms with van der Waals surface area (Å²) in [5, 5.41) is 15.0. The lowest BCUT2D eigenvalue weighted by molar-refractivity contribution is -0.120. The van der Waals surface area contributed by atoms with Crippen molar-refractivity contribution in [1.29, 1.82) is 5.26 Å². The molecular weight excluding hydrogens is 426 g/mol. The molecule has 9 heteroatoms. The van der Waals surface area contributed by atoms with Gasteiger partial charge in [-0.3, -0.25) is 4.79 Å². The van der Waals surface area contributed by atoms with Gasteiger partial charge in [-0.1, -0.05) is 12.5 Å². The summed E-state index contributed by atoms with van der Waals surface area (Å²) in [6, 6.07) is 5.64. The Hall–Kier alpha value is -1.73. The maximum absolute atomic E-state index is 12.8. The van der Waals surface area contributed by atoms with Crippen molar-refractivity contribution in [1.82, 2.24) is 4.31 Å². The number of piperidine rings is 1. The van der Waals surface area contributed by atoms with Crippen molar-refractivity contribution in [3.05, 3.63) is 33.5 Å². The predicted octanol–water partition coefficient (Wildman–Crippen LogP) is 3.99. The van der Waals surface area contributed by atoms with Crippen LogP contribution in [0.4, 0.5) is 5.00 Å². The number of rotatable bonds is 4. The number of aryl methyl sites for hydroxylation is 1. The highest BCUT2D eigenvalue weighted by Gasteiger charge is 2.33. The lowest BCUT2D eigenvalue weighted by atomic mass is 9.97. The molecule has 0 saturated carbocycles. The van der Waals surface area contributed by atoms with Crippen LogP contribution >= 0.6 is 22.7 Å². The van der Waals surface area contributed by atoms with Gasteiger partial charge in [-0.2, -0.15) is 9.57 Å². The molecule has 0 atom stereocenters. The maximum atomic E-state index is 12.8. The number of anilines is 1. The van der Waals surface area contributed by atoms with E-state index in [2.05, 4.69) is 11.4 Å². The second kappa shape index (κ2) is 8.56. The number of carbonyl (C=O) groups excluding carboxylic acids is 1. The van der Waals surface area contributed by atoms with Crippen molar-refractivity contribution in [2.24, 2.45) is 5.92 Å². The molecule has 2 aliphatic rings. The quantitative estimate of drug-likeness (QED) is 0.715. The molecular formula is C20H23N3O3S3. The van der Waals surface area contributed by atoms with Gasteiger partial charge in [-0.25, -0.2) is 8.42 Å². The van der Waals surface area contributed by atoms with Crippen LogP contribution in [0.5, 0.6) is 0 Å². The Labute approximate surface area is 179 Å². The van der Waals surface area contributed by atoms with Gasteiger partial charge in [0.15, 0.2) is 0 Å². The van der Waals surface area contributed by atoms with Crippen LogP contribution in [0.1, 0.15) is 48.1 Å². The van der Waals surface area contributed by atoms with Gasteiger partial charge in [0, 0.05) is 23.9 Å². The first-order valence-corrected chi connectivity index (χ1v) is 13.0. The van der Waals surface area contributed by atoms with E-state index in [0.29, 0.717) is 40.7 Å². The average molecular weight is 450 g/mol. The molecule has 0 unspecified atom stereocenters. The zero-order valence-electron chi connectivity index (χ0n) is 16.0. The Balaban J connectivity index is 1.42. The molecule has 2 aromatic heterocycles. The molecule has 1 amide bonds. The van der Waals surface area contributed by atoms with Crippen LogP contribution in [0.25, 0.3) is 0 Å². The predicted molar refractivity (Wildman–Crippen MR) is 115 cm³/mol. The molecule has 3 heterocycles. The van der Waals surface area contributed by atoms with E-state index in [1.54, 1.807) is 17.5 Å². The van der Waals surface area contributed by atoms with Gasteiger partial charge in [0.2, 0.25) is 5.91 Å². The highest BCUT2D eigenvalue weighted by Crippen LogP contribution is 2.37. The molecule has 0 bridgehead atoms. The normalized spacial score (nSPS) is 18.6. The number of hydrogen-bond acceptors (Lipinski definition) is 6. The fraction of sp³-hybridized carbons (Fsp3) is 0.500. The zero-order chi connectivity index (χ0) is 20.4. The minimum absolute atomic E-state index is 0.105. The molecule has 1 N–H and O–H groups in total. The van der Waals surface area contributed by atoms with Gasteiger partial charge in [0.05, 0.1) is 5.56 Å². The largest absolute Gasteiger partial charge is 0.316 e. The Kier molecular flexibility index (Phi) is 6.06. The molecule has 1 aliphatic heterocycles. The number of nitrogens with zero attached hydrogens (tertiary/aromatic N) is 2. The molecule has 154 valence electrons. The standard InChI is InChI=1S/C20H23N3O3S3/c21-13-16-15-5-2-1-3-6-17(15)28-20(16)22-19(24)14-8-10-23(11-9-14)29(25,26)18-7-4-12-27-18/h4,7,12,14H,1-3,5-6,8-11H2,(H,22,24).